The quantitative estimate of drug-likeness (QED) is 0.576. The molecular formula is C24H29N5O2. The zero-order valence-electron chi connectivity index (χ0n) is 18.4. The summed E-state index contributed by atoms with van der Waals surface area (Å²) in [6.45, 7) is 0.901. The Morgan fingerprint density at radius 1 is 0.871 bits per heavy atom. The fourth-order valence-electron chi connectivity index (χ4n) is 3.33. The standard InChI is InChI=1S/C24H29N5O2/c1-29(2)15-17-7-5-16(6-8-17)9-11-20-19(23(25)28-24(26)27-20)13-18-10-12-21(30-3)22(14-18)31-4/h5-12,14H,13,15H2,1-4H3,(H4,25,26,27,28). The maximum Gasteiger partial charge on any atom is 0.222 e. The lowest BCUT2D eigenvalue weighted by Crippen LogP contribution is -2.10. The average molecular weight is 420 g/mol. The number of hydrogen-bond donors (Lipinski definition) is 2. The minimum atomic E-state index is 0.148. The number of nitrogen functional groups attached to an aromatic ring is 2. The van der Waals surface area contributed by atoms with Crippen LogP contribution in [-0.4, -0.2) is 43.2 Å². The van der Waals surface area contributed by atoms with Crippen LogP contribution < -0.4 is 20.9 Å². The minimum Gasteiger partial charge on any atom is -0.493 e. The highest BCUT2D eigenvalue weighted by Gasteiger charge is 2.12. The molecule has 0 saturated heterocycles. The Bertz CT molecular complexity index is 1060. The number of benzene rings is 2. The van der Waals surface area contributed by atoms with E-state index in [2.05, 4.69) is 53.2 Å². The summed E-state index contributed by atoms with van der Waals surface area (Å²) in [5.74, 6) is 1.84. The predicted octanol–water partition coefficient (Wildman–Crippen LogP) is 3.48. The van der Waals surface area contributed by atoms with E-state index < -0.39 is 0 Å². The lowest BCUT2D eigenvalue weighted by Gasteiger charge is -2.12. The van der Waals surface area contributed by atoms with Gasteiger partial charge in [0, 0.05) is 18.5 Å². The highest BCUT2D eigenvalue weighted by molar-refractivity contribution is 5.72. The van der Waals surface area contributed by atoms with Gasteiger partial charge in [0.1, 0.15) is 5.82 Å². The summed E-state index contributed by atoms with van der Waals surface area (Å²) in [4.78, 5) is 10.7. The smallest absolute Gasteiger partial charge is 0.222 e. The van der Waals surface area contributed by atoms with E-state index in [1.54, 1.807) is 14.2 Å². The summed E-state index contributed by atoms with van der Waals surface area (Å²) in [7, 11) is 7.33. The molecule has 0 aliphatic rings. The molecule has 0 radical (unpaired) electrons. The molecule has 2 aromatic carbocycles. The van der Waals surface area contributed by atoms with Crippen molar-refractivity contribution in [2.24, 2.45) is 0 Å². The van der Waals surface area contributed by atoms with Gasteiger partial charge in [-0.15, -0.1) is 0 Å². The van der Waals surface area contributed by atoms with Crippen molar-refractivity contribution in [1.82, 2.24) is 14.9 Å². The summed E-state index contributed by atoms with van der Waals surface area (Å²) >= 11 is 0. The molecule has 162 valence electrons. The maximum absolute atomic E-state index is 6.21. The van der Waals surface area contributed by atoms with Gasteiger partial charge in [0.2, 0.25) is 5.95 Å². The lowest BCUT2D eigenvalue weighted by molar-refractivity contribution is 0.354. The highest BCUT2D eigenvalue weighted by atomic mass is 16.5. The molecule has 3 aromatic rings. The number of nitrogens with two attached hydrogens (primary N) is 2. The first-order chi connectivity index (χ1) is 14.9. The first-order valence-electron chi connectivity index (χ1n) is 9.94. The van der Waals surface area contributed by atoms with E-state index in [4.69, 9.17) is 20.9 Å². The third-order valence-corrected chi connectivity index (χ3v) is 4.83. The summed E-state index contributed by atoms with van der Waals surface area (Å²) < 4.78 is 10.7. The SMILES string of the molecule is COc1ccc(Cc2c(N)nc(N)nc2C=Cc2ccc(CN(C)C)cc2)cc1OC. The van der Waals surface area contributed by atoms with Crippen molar-refractivity contribution in [3.8, 4) is 11.5 Å². The van der Waals surface area contributed by atoms with Crippen LogP contribution in [-0.2, 0) is 13.0 Å². The summed E-state index contributed by atoms with van der Waals surface area (Å²) in [6, 6.07) is 14.2. The third-order valence-electron chi connectivity index (χ3n) is 4.83. The van der Waals surface area contributed by atoms with Crippen molar-refractivity contribution >= 4 is 23.9 Å². The number of methoxy groups -OCH3 is 2. The molecule has 0 spiro atoms. The first kappa shape index (κ1) is 22.1. The molecule has 1 heterocycles. The highest BCUT2D eigenvalue weighted by Crippen LogP contribution is 2.30. The Morgan fingerprint density at radius 3 is 2.19 bits per heavy atom. The fourth-order valence-corrected chi connectivity index (χ4v) is 3.33. The van der Waals surface area contributed by atoms with Crippen LogP contribution in [0.1, 0.15) is 27.9 Å². The number of nitrogens with zero attached hydrogens (tertiary/aromatic N) is 3. The number of hydrogen-bond acceptors (Lipinski definition) is 7. The van der Waals surface area contributed by atoms with E-state index in [0.29, 0.717) is 29.4 Å². The Kier molecular flexibility index (Phi) is 7.10. The molecule has 1 aromatic heterocycles. The molecule has 0 bridgehead atoms. The van der Waals surface area contributed by atoms with Crippen molar-refractivity contribution < 1.29 is 9.47 Å². The van der Waals surface area contributed by atoms with Gasteiger partial charge in [0.05, 0.1) is 19.9 Å². The second-order valence-electron chi connectivity index (χ2n) is 7.51. The average Bonchev–Trinajstić information content (AvgIpc) is 2.74. The minimum absolute atomic E-state index is 0.148. The molecule has 7 heteroatoms. The monoisotopic (exact) mass is 419 g/mol. The molecule has 0 aliphatic heterocycles. The Hall–Kier alpha value is -3.58. The van der Waals surface area contributed by atoms with Crippen LogP contribution in [0.3, 0.4) is 0 Å². The number of aromatic nitrogens is 2. The molecule has 0 aliphatic carbocycles. The zero-order chi connectivity index (χ0) is 22.4. The van der Waals surface area contributed by atoms with Crippen molar-refractivity contribution in [2.75, 3.05) is 39.8 Å². The second kappa shape index (κ2) is 9.95. The fraction of sp³-hybridized carbons (Fsp3) is 0.250. The lowest BCUT2D eigenvalue weighted by atomic mass is 10.0. The summed E-state index contributed by atoms with van der Waals surface area (Å²) in [5.41, 5.74) is 16.9. The molecule has 3 rings (SSSR count). The molecule has 0 unspecified atom stereocenters. The van der Waals surface area contributed by atoms with Gasteiger partial charge < -0.3 is 25.8 Å². The first-order valence-corrected chi connectivity index (χ1v) is 9.94. The Morgan fingerprint density at radius 2 is 1.55 bits per heavy atom. The van der Waals surface area contributed by atoms with E-state index in [1.165, 1.54) is 5.56 Å². The molecule has 0 atom stereocenters. The number of rotatable bonds is 8. The van der Waals surface area contributed by atoms with Crippen LogP contribution in [0.5, 0.6) is 11.5 Å². The van der Waals surface area contributed by atoms with Crippen LogP contribution in [0.4, 0.5) is 11.8 Å². The van der Waals surface area contributed by atoms with Gasteiger partial charge in [-0.25, -0.2) is 4.98 Å². The largest absolute Gasteiger partial charge is 0.493 e. The van der Waals surface area contributed by atoms with Crippen LogP contribution >= 0.6 is 0 Å². The van der Waals surface area contributed by atoms with Crippen LogP contribution in [0.15, 0.2) is 42.5 Å². The number of anilines is 2. The molecule has 0 saturated carbocycles. The van der Waals surface area contributed by atoms with Crippen LogP contribution in [0.2, 0.25) is 0 Å². The van der Waals surface area contributed by atoms with E-state index in [0.717, 1.165) is 23.2 Å². The van der Waals surface area contributed by atoms with Gasteiger partial charge in [-0.2, -0.15) is 4.98 Å². The van der Waals surface area contributed by atoms with Crippen molar-refractivity contribution in [2.45, 2.75) is 13.0 Å². The second-order valence-corrected chi connectivity index (χ2v) is 7.51. The van der Waals surface area contributed by atoms with E-state index in [-0.39, 0.29) is 5.95 Å². The Balaban J connectivity index is 1.89. The van der Waals surface area contributed by atoms with Crippen molar-refractivity contribution in [3.63, 3.8) is 0 Å². The van der Waals surface area contributed by atoms with Gasteiger partial charge >= 0.3 is 0 Å². The topological polar surface area (TPSA) is 99.5 Å². The van der Waals surface area contributed by atoms with Crippen molar-refractivity contribution in [3.05, 3.63) is 70.4 Å². The van der Waals surface area contributed by atoms with E-state index in [1.807, 2.05) is 30.4 Å². The molecule has 0 fully saturated rings. The van der Waals surface area contributed by atoms with E-state index >= 15 is 0 Å². The number of ether oxygens (including phenoxy) is 2. The van der Waals surface area contributed by atoms with Crippen LogP contribution in [0, 0.1) is 0 Å². The molecule has 31 heavy (non-hydrogen) atoms. The van der Waals surface area contributed by atoms with Crippen LogP contribution in [0.25, 0.3) is 12.2 Å². The van der Waals surface area contributed by atoms with E-state index in [9.17, 15) is 0 Å². The van der Waals surface area contributed by atoms with Gasteiger partial charge in [-0.3, -0.25) is 0 Å². The van der Waals surface area contributed by atoms with Crippen molar-refractivity contribution in [1.29, 1.82) is 0 Å². The van der Waals surface area contributed by atoms with Gasteiger partial charge in [-0.05, 0) is 49.0 Å². The molecule has 7 nitrogen and oxygen atoms in total. The van der Waals surface area contributed by atoms with Gasteiger partial charge in [0.15, 0.2) is 11.5 Å². The predicted molar refractivity (Wildman–Crippen MR) is 126 cm³/mol. The summed E-state index contributed by atoms with van der Waals surface area (Å²) in [6.07, 6.45) is 4.46. The maximum atomic E-state index is 6.21. The molecular weight excluding hydrogens is 390 g/mol. The summed E-state index contributed by atoms with van der Waals surface area (Å²) in [5, 5.41) is 0. The normalized spacial score (nSPS) is 11.3. The third kappa shape index (κ3) is 5.73. The molecule has 0 amide bonds. The van der Waals surface area contributed by atoms with Gasteiger partial charge in [0.25, 0.3) is 0 Å². The van der Waals surface area contributed by atoms with Gasteiger partial charge in [-0.1, -0.05) is 36.4 Å². The zero-order valence-corrected chi connectivity index (χ0v) is 18.4. The Labute approximate surface area is 183 Å². The molecule has 4 N–H and O–H groups in total.